The molecule has 1 saturated heterocycles. The van der Waals surface area contributed by atoms with Gasteiger partial charge in [0, 0.05) is 6.04 Å². The van der Waals surface area contributed by atoms with Crippen LogP contribution in [0.5, 0.6) is 0 Å². The highest BCUT2D eigenvalue weighted by Crippen LogP contribution is 2.32. The smallest absolute Gasteiger partial charge is 0.0605 e. The van der Waals surface area contributed by atoms with Crippen molar-refractivity contribution in [2.75, 3.05) is 6.54 Å². The Morgan fingerprint density at radius 2 is 1.56 bits per heavy atom. The highest BCUT2D eigenvalue weighted by Gasteiger charge is 2.28. The molecule has 4 atom stereocenters. The van der Waals surface area contributed by atoms with E-state index in [1.54, 1.807) is 0 Å². The molecule has 16 heavy (non-hydrogen) atoms. The molecule has 0 spiro atoms. The Morgan fingerprint density at radius 1 is 0.875 bits per heavy atom. The molecule has 2 rings (SSSR count). The first kappa shape index (κ1) is 12.4. The molecular weight excluding hydrogens is 198 g/mol. The van der Waals surface area contributed by atoms with E-state index in [0.29, 0.717) is 18.2 Å². The minimum Gasteiger partial charge on any atom is -0.375 e. The Balaban J connectivity index is 1.79. The number of hydrogen-bond acceptors (Lipinski definition) is 2. The van der Waals surface area contributed by atoms with Crippen LogP contribution in [0.1, 0.15) is 52.9 Å². The summed E-state index contributed by atoms with van der Waals surface area (Å²) in [7, 11) is 0. The first-order valence-corrected chi connectivity index (χ1v) is 7.02. The van der Waals surface area contributed by atoms with E-state index in [0.717, 1.165) is 18.4 Å². The predicted octanol–water partition coefficient (Wildman–Crippen LogP) is 2.97. The van der Waals surface area contributed by atoms with Crippen molar-refractivity contribution in [3.8, 4) is 0 Å². The summed E-state index contributed by atoms with van der Waals surface area (Å²) in [5, 5.41) is 3.49. The van der Waals surface area contributed by atoms with Gasteiger partial charge in [0.1, 0.15) is 0 Å². The topological polar surface area (TPSA) is 21.3 Å². The molecule has 4 unspecified atom stereocenters. The second-order valence-electron chi connectivity index (χ2n) is 6.18. The molecule has 1 heterocycles. The highest BCUT2D eigenvalue weighted by molar-refractivity contribution is 4.80. The maximum absolute atomic E-state index is 6.30. The fourth-order valence-corrected chi connectivity index (χ4v) is 3.47. The standard InChI is InChI=1S/C14H27NO/c1-10-6-11(2)8-14(7-10)16-13-4-5-15-12(3)9-13/h10-15H,4-9H2,1-3H3. The van der Waals surface area contributed by atoms with Crippen LogP contribution in [-0.2, 0) is 4.74 Å². The second-order valence-corrected chi connectivity index (χ2v) is 6.18. The van der Waals surface area contributed by atoms with E-state index in [2.05, 4.69) is 26.1 Å². The van der Waals surface area contributed by atoms with Crippen molar-refractivity contribution in [2.24, 2.45) is 11.8 Å². The van der Waals surface area contributed by atoms with Gasteiger partial charge in [-0.3, -0.25) is 0 Å². The molecule has 94 valence electrons. The van der Waals surface area contributed by atoms with Crippen molar-refractivity contribution in [3.05, 3.63) is 0 Å². The largest absolute Gasteiger partial charge is 0.375 e. The van der Waals surface area contributed by atoms with Gasteiger partial charge in [0.15, 0.2) is 0 Å². The normalized spacial score (nSPS) is 45.6. The lowest BCUT2D eigenvalue weighted by atomic mass is 9.81. The van der Waals surface area contributed by atoms with Gasteiger partial charge in [-0.2, -0.15) is 0 Å². The fraction of sp³-hybridized carbons (Fsp3) is 1.00. The predicted molar refractivity (Wildman–Crippen MR) is 67.5 cm³/mol. The van der Waals surface area contributed by atoms with Gasteiger partial charge < -0.3 is 10.1 Å². The van der Waals surface area contributed by atoms with E-state index >= 15 is 0 Å². The Labute approximate surface area is 100 Å². The summed E-state index contributed by atoms with van der Waals surface area (Å²) in [6.07, 6.45) is 7.39. The number of hydrogen-bond donors (Lipinski definition) is 1. The minimum atomic E-state index is 0.513. The van der Waals surface area contributed by atoms with Crippen LogP contribution in [0.3, 0.4) is 0 Å². The van der Waals surface area contributed by atoms with Crippen LogP contribution >= 0.6 is 0 Å². The lowest BCUT2D eigenvalue weighted by Crippen LogP contribution is -2.41. The van der Waals surface area contributed by atoms with Crippen LogP contribution in [0.4, 0.5) is 0 Å². The average Bonchev–Trinajstić information content (AvgIpc) is 2.15. The van der Waals surface area contributed by atoms with E-state index < -0.39 is 0 Å². The molecule has 0 amide bonds. The van der Waals surface area contributed by atoms with Gasteiger partial charge in [-0.15, -0.1) is 0 Å². The third-order valence-electron chi connectivity index (χ3n) is 4.10. The first-order valence-electron chi connectivity index (χ1n) is 7.02. The zero-order chi connectivity index (χ0) is 11.5. The van der Waals surface area contributed by atoms with Crippen molar-refractivity contribution in [2.45, 2.75) is 71.1 Å². The molecule has 0 aromatic heterocycles. The molecule has 0 aromatic rings. The van der Waals surface area contributed by atoms with E-state index in [9.17, 15) is 0 Å². The average molecular weight is 225 g/mol. The maximum atomic E-state index is 6.30. The Morgan fingerprint density at radius 3 is 2.19 bits per heavy atom. The van der Waals surface area contributed by atoms with Gasteiger partial charge in [-0.25, -0.2) is 0 Å². The molecular formula is C14H27NO. The van der Waals surface area contributed by atoms with Crippen LogP contribution in [0.15, 0.2) is 0 Å². The van der Waals surface area contributed by atoms with E-state index in [4.69, 9.17) is 4.74 Å². The van der Waals surface area contributed by atoms with Crippen LogP contribution < -0.4 is 5.32 Å². The SMILES string of the molecule is CC1CC(C)CC(OC2CCNC(C)C2)C1. The number of rotatable bonds is 2. The van der Waals surface area contributed by atoms with Gasteiger partial charge in [0.25, 0.3) is 0 Å². The van der Waals surface area contributed by atoms with Gasteiger partial charge in [-0.1, -0.05) is 13.8 Å². The number of nitrogens with one attached hydrogen (secondary N) is 1. The van der Waals surface area contributed by atoms with Crippen molar-refractivity contribution in [3.63, 3.8) is 0 Å². The third kappa shape index (κ3) is 3.46. The van der Waals surface area contributed by atoms with Crippen LogP contribution in [0.25, 0.3) is 0 Å². The number of ether oxygens (including phenoxy) is 1. The van der Waals surface area contributed by atoms with Crippen LogP contribution in [-0.4, -0.2) is 24.8 Å². The van der Waals surface area contributed by atoms with Gasteiger partial charge in [-0.05, 0) is 57.4 Å². The van der Waals surface area contributed by atoms with Crippen molar-refractivity contribution < 1.29 is 4.74 Å². The van der Waals surface area contributed by atoms with E-state index in [1.807, 2.05) is 0 Å². The van der Waals surface area contributed by atoms with Crippen LogP contribution in [0.2, 0.25) is 0 Å². The molecule has 2 fully saturated rings. The fourth-order valence-electron chi connectivity index (χ4n) is 3.47. The molecule has 2 heteroatoms. The van der Waals surface area contributed by atoms with Crippen molar-refractivity contribution in [1.82, 2.24) is 5.32 Å². The monoisotopic (exact) mass is 225 g/mol. The van der Waals surface area contributed by atoms with Crippen molar-refractivity contribution >= 4 is 0 Å². The zero-order valence-corrected chi connectivity index (χ0v) is 11.0. The summed E-state index contributed by atoms with van der Waals surface area (Å²) < 4.78 is 6.30. The summed E-state index contributed by atoms with van der Waals surface area (Å²) in [5.74, 6) is 1.71. The van der Waals surface area contributed by atoms with Gasteiger partial charge in [0.05, 0.1) is 12.2 Å². The second kappa shape index (κ2) is 5.50. The zero-order valence-electron chi connectivity index (χ0n) is 11.0. The lowest BCUT2D eigenvalue weighted by Gasteiger charge is -2.36. The molecule has 1 saturated carbocycles. The molecule has 1 N–H and O–H groups in total. The van der Waals surface area contributed by atoms with Crippen molar-refractivity contribution in [1.29, 1.82) is 0 Å². The van der Waals surface area contributed by atoms with Crippen LogP contribution in [0, 0.1) is 11.8 Å². The summed E-state index contributed by atoms with van der Waals surface area (Å²) in [6.45, 7) is 8.14. The summed E-state index contributed by atoms with van der Waals surface area (Å²) in [4.78, 5) is 0. The summed E-state index contributed by atoms with van der Waals surface area (Å²) in [5.41, 5.74) is 0. The third-order valence-corrected chi connectivity index (χ3v) is 4.10. The number of piperidine rings is 1. The van der Waals surface area contributed by atoms with Gasteiger partial charge >= 0.3 is 0 Å². The van der Waals surface area contributed by atoms with E-state index in [-0.39, 0.29) is 0 Å². The Bertz CT molecular complexity index is 209. The lowest BCUT2D eigenvalue weighted by molar-refractivity contribution is -0.0637. The molecule has 1 aliphatic heterocycles. The van der Waals surface area contributed by atoms with Gasteiger partial charge in [0.2, 0.25) is 0 Å². The summed E-state index contributed by atoms with van der Waals surface area (Å²) in [6, 6.07) is 0.636. The molecule has 2 nitrogen and oxygen atoms in total. The molecule has 0 radical (unpaired) electrons. The Kier molecular flexibility index (Phi) is 4.26. The highest BCUT2D eigenvalue weighted by atomic mass is 16.5. The van der Waals surface area contributed by atoms with E-state index in [1.165, 1.54) is 32.1 Å². The maximum Gasteiger partial charge on any atom is 0.0605 e. The summed E-state index contributed by atoms with van der Waals surface area (Å²) >= 11 is 0. The molecule has 0 aromatic carbocycles. The molecule has 0 bridgehead atoms. The quantitative estimate of drug-likeness (QED) is 0.780. The minimum absolute atomic E-state index is 0.513. The molecule has 1 aliphatic carbocycles. The Hall–Kier alpha value is -0.0800. The molecule has 2 aliphatic rings. The first-order chi connectivity index (χ1) is 7.63.